The molecule has 0 aliphatic heterocycles. The molecule has 2 aromatic carbocycles. The molecule has 130 valence electrons. The van der Waals surface area contributed by atoms with Crippen LogP contribution in [0.5, 0.6) is 0 Å². The van der Waals surface area contributed by atoms with Crippen molar-refractivity contribution in [1.82, 2.24) is 10.3 Å². The lowest BCUT2D eigenvalue weighted by molar-refractivity contribution is -0.403. The smallest absolute Gasteiger partial charge is 0.278 e. The third kappa shape index (κ3) is 3.41. The lowest BCUT2D eigenvalue weighted by Crippen LogP contribution is -3.00. The molecule has 1 aliphatic rings. The van der Waals surface area contributed by atoms with Crippen molar-refractivity contribution in [1.29, 1.82) is 0 Å². The SMILES string of the molecule is [Cl-].[NH3+][C@@H](Cc1c[nH]c2ccccc12)C(=O)N[C@@H]1CCc2ccccc21. The van der Waals surface area contributed by atoms with E-state index >= 15 is 0 Å². The van der Waals surface area contributed by atoms with Gasteiger partial charge in [0, 0.05) is 23.5 Å². The zero-order valence-corrected chi connectivity index (χ0v) is 14.7. The highest BCUT2D eigenvalue weighted by Crippen LogP contribution is 2.30. The zero-order valence-electron chi connectivity index (χ0n) is 14.0. The molecule has 1 amide bonds. The fourth-order valence-corrected chi connectivity index (χ4v) is 3.66. The average Bonchev–Trinajstić information content (AvgIpc) is 3.20. The van der Waals surface area contributed by atoms with Gasteiger partial charge < -0.3 is 28.4 Å². The number of benzene rings is 2. The number of carbonyl (C=O) groups excluding carboxylic acids is 1. The second-order valence-electron chi connectivity index (χ2n) is 6.56. The summed E-state index contributed by atoms with van der Waals surface area (Å²) >= 11 is 0. The number of hydrogen-bond acceptors (Lipinski definition) is 1. The van der Waals surface area contributed by atoms with E-state index in [0.29, 0.717) is 6.42 Å². The van der Waals surface area contributed by atoms with Crippen LogP contribution in [0.2, 0.25) is 0 Å². The van der Waals surface area contributed by atoms with Gasteiger partial charge in [-0.05, 0) is 35.6 Å². The number of rotatable bonds is 4. The number of carbonyl (C=O) groups is 1. The molecule has 0 fully saturated rings. The highest BCUT2D eigenvalue weighted by atomic mass is 35.5. The van der Waals surface area contributed by atoms with E-state index in [4.69, 9.17) is 0 Å². The molecule has 4 nitrogen and oxygen atoms in total. The van der Waals surface area contributed by atoms with Crippen molar-refractivity contribution < 1.29 is 22.9 Å². The Hall–Kier alpha value is -2.30. The first-order chi connectivity index (χ1) is 11.7. The van der Waals surface area contributed by atoms with Gasteiger partial charge in [0.05, 0.1) is 6.04 Å². The molecule has 0 saturated heterocycles. The van der Waals surface area contributed by atoms with Crippen LogP contribution in [0.15, 0.2) is 54.7 Å². The number of hydrogen-bond donors (Lipinski definition) is 3. The molecule has 25 heavy (non-hydrogen) atoms. The van der Waals surface area contributed by atoms with Crippen molar-refractivity contribution in [2.24, 2.45) is 0 Å². The van der Waals surface area contributed by atoms with E-state index in [-0.39, 0.29) is 30.4 Å². The van der Waals surface area contributed by atoms with Gasteiger partial charge in [-0.15, -0.1) is 0 Å². The number of halogens is 1. The molecule has 0 spiro atoms. The third-order valence-electron chi connectivity index (χ3n) is 4.96. The molecule has 1 aliphatic carbocycles. The number of quaternary nitrogens is 1. The van der Waals surface area contributed by atoms with Gasteiger partial charge in [0.1, 0.15) is 0 Å². The van der Waals surface area contributed by atoms with Gasteiger partial charge in [-0.2, -0.15) is 0 Å². The van der Waals surface area contributed by atoms with Gasteiger partial charge in [-0.25, -0.2) is 0 Å². The number of amides is 1. The van der Waals surface area contributed by atoms with Crippen molar-refractivity contribution in [2.45, 2.75) is 31.3 Å². The number of aromatic nitrogens is 1. The highest BCUT2D eigenvalue weighted by Gasteiger charge is 2.27. The second kappa shape index (κ2) is 7.30. The van der Waals surface area contributed by atoms with Gasteiger partial charge in [-0.1, -0.05) is 42.5 Å². The number of para-hydroxylation sites is 1. The Bertz CT molecular complexity index is 889. The third-order valence-corrected chi connectivity index (χ3v) is 4.96. The Morgan fingerprint density at radius 2 is 1.96 bits per heavy atom. The van der Waals surface area contributed by atoms with Crippen molar-refractivity contribution in [3.8, 4) is 0 Å². The van der Waals surface area contributed by atoms with Crippen molar-refractivity contribution >= 4 is 16.8 Å². The topological polar surface area (TPSA) is 72.5 Å². The van der Waals surface area contributed by atoms with E-state index in [1.807, 2.05) is 30.5 Å². The Morgan fingerprint density at radius 1 is 1.20 bits per heavy atom. The zero-order chi connectivity index (χ0) is 16.5. The van der Waals surface area contributed by atoms with Gasteiger partial charge >= 0.3 is 0 Å². The second-order valence-corrected chi connectivity index (χ2v) is 6.56. The van der Waals surface area contributed by atoms with E-state index < -0.39 is 0 Å². The van der Waals surface area contributed by atoms with Crippen LogP contribution in [0.1, 0.15) is 29.2 Å². The molecule has 0 unspecified atom stereocenters. The summed E-state index contributed by atoms with van der Waals surface area (Å²) in [6.07, 6.45) is 4.64. The minimum Gasteiger partial charge on any atom is -1.00 e. The molecular formula is C20H22ClN3O. The Kier molecular flexibility index (Phi) is 5.11. The summed E-state index contributed by atoms with van der Waals surface area (Å²) in [6.45, 7) is 0. The Balaban J connectivity index is 0.00000182. The van der Waals surface area contributed by atoms with Crippen LogP contribution < -0.4 is 23.5 Å². The first-order valence-corrected chi connectivity index (χ1v) is 8.48. The van der Waals surface area contributed by atoms with Crippen LogP contribution in [0, 0.1) is 0 Å². The van der Waals surface area contributed by atoms with E-state index in [1.54, 1.807) is 0 Å². The molecule has 0 saturated carbocycles. The standard InChI is InChI=1S/C20H21N3O.ClH/c21-17(11-14-12-22-18-8-4-3-7-16(14)18)20(24)23-19-10-9-13-5-1-2-6-15(13)19;/h1-8,12,17,19,22H,9-11,21H2,(H,23,24);1H/t17-,19+;/m0./s1. The molecule has 0 bridgehead atoms. The fraction of sp³-hybridized carbons (Fsp3) is 0.250. The molecule has 4 rings (SSSR count). The van der Waals surface area contributed by atoms with E-state index in [0.717, 1.165) is 23.9 Å². The Morgan fingerprint density at radius 3 is 2.84 bits per heavy atom. The number of aromatic amines is 1. The summed E-state index contributed by atoms with van der Waals surface area (Å²) in [5.74, 6) is 0.0296. The minimum atomic E-state index is -0.294. The summed E-state index contributed by atoms with van der Waals surface area (Å²) in [7, 11) is 0. The van der Waals surface area contributed by atoms with Crippen LogP contribution in [0.3, 0.4) is 0 Å². The summed E-state index contributed by atoms with van der Waals surface area (Å²) < 4.78 is 0. The van der Waals surface area contributed by atoms with E-state index in [1.165, 1.54) is 16.5 Å². The molecule has 3 aromatic rings. The first-order valence-electron chi connectivity index (χ1n) is 8.48. The maximum atomic E-state index is 12.6. The van der Waals surface area contributed by atoms with E-state index in [2.05, 4.69) is 40.3 Å². The van der Waals surface area contributed by atoms with Gasteiger partial charge in [0.15, 0.2) is 6.04 Å². The highest BCUT2D eigenvalue weighted by molar-refractivity contribution is 5.85. The van der Waals surface area contributed by atoms with Gasteiger partial charge in [-0.3, -0.25) is 4.79 Å². The van der Waals surface area contributed by atoms with E-state index in [9.17, 15) is 4.79 Å². The van der Waals surface area contributed by atoms with Crippen LogP contribution in [0.4, 0.5) is 0 Å². The molecule has 0 radical (unpaired) electrons. The maximum Gasteiger partial charge on any atom is 0.278 e. The van der Waals surface area contributed by atoms with Crippen LogP contribution in [0.25, 0.3) is 10.9 Å². The van der Waals surface area contributed by atoms with Crippen molar-refractivity contribution in [2.75, 3.05) is 0 Å². The quantitative estimate of drug-likeness (QED) is 0.559. The molecule has 2 atom stereocenters. The fourth-order valence-electron chi connectivity index (χ4n) is 3.66. The molecular weight excluding hydrogens is 334 g/mol. The normalized spacial score (nSPS) is 16.9. The predicted octanol–water partition coefficient (Wildman–Crippen LogP) is -0.871. The van der Waals surface area contributed by atoms with Crippen LogP contribution in [-0.4, -0.2) is 16.9 Å². The van der Waals surface area contributed by atoms with Crippen molar-refractivity contribution in [3.05, 3.63) is 71.4 Å². The summed E-state index contributed by atoms with van der Waals surface area (Å²) in [4.78, 5) is 15.8. The number of nitrogens with one attached hydrogen (secondary N) is 2. The lowest BCUT2D eigenvalue weighted by atomic mass is 10.0. The summed E-state index contributed by atoms with van der Waals surface area (Å²) in [5.41, 5.74) is 8.94. The summed E-state index contributed by atoms with van der Waals surface area (Å²) in [5, 5.41) is 4.36. The monoisotopic (exact) mass is 355 g/mol. The van der Waals surface area contributed by atoms with Crippen LogP contribution in [-0.2, 0) is 17.6 Å². The molecule has 1 heterocycles. The van der Waals surface area contributed by atoms with Crippen LogP contribution >= 0.6 is 0 Å². The lowest BCUT2D eigenvalue weighted by Gasteiger charge is -2.16. The largest absolute Gasteiger partial charge is 1.00 e. The Labute approximate surface area is 153 Å². The number of fused-ring (bicyclic) bond motifs is 2. The maximum absolute atomic E-state index is 12.6. The molecule has 5 heteroatoms. The number of aryl methyl sites for hydroxylation is 1. The number of H-pyrrole nitrogens is 1. The minimum absolute atomic E-state index is 0. The van der Waals surface area contributed by atoms with Gasteiger partial charge in [0.25, 0.3) is 5.91 Å². The molecule has 5 N–H and O–H groups in total. The van der Waals surface area contributed by atoms with Gasteiger partial charge in [0.2, 0.25) is 0 Å². The molecule has 1 aromatic heterocycles. The van der Waals surface area contributed by atoms with Crippen molar-refractivity contribution in [3.63, 3.8) is 0 Å². The first kappa shape index (κ1) is 17.5. The summed E-state index contributed by atoms with van der Waals surface area (Å²) in [6, 6.07) is 16.4. The average molecular weight is 356 g/mol. The predicted molar refractivity (Wildman–Crippen MR) is 94.3 cm³/mol.